The molecule has 27 heavy (non-hydrogen) atoms. The summed E-state index contributed by atoms with van der Waals surface area (Å²) in [6.45, 7) is 3.07. The van der Waals surface area contributed by atoms with Crippen molar-refractivity contribution in [2.24, 2.45) is 0 Å². The molecule has 1 aliphatic rings. The molecule has 0 aromatic heterocycles. The third-order valence-corrected chi connectivity index (χ3v) is 4.09. The Kier molecular flexibility index (Phi) is 5.57. The molecule has 0 unspecified atom stereocenters. The fraction of sp³-hybridized carbons (Fsp3) is 0.250. The van der Waals surface area contributed by atoms with Crippen molar-refractivity contribution in [1.29, 1.82) is 5.26 Å². The van der Waals surface area contributed by atoms with Gasteiger partial charge in [0.25, 0.3) is 5.91 Å². The summed E-state index contributed by atoms with van der Waals surface area (Å²) in [6.07, 6.45) is 0. The predicted molar refractivity (Wildman–Crippen MR) is 98.8 cm³/mol. The van der Waals surface area contributed by atoms with Crippen LogP contribution in [0.5, 0.6) is 11.5 Å². The second-order valence-electron chi connectivity index (χ2n) is 5.92. The first-order valence-corrected chi connectivity index (χ1v) is 8.59. The van der Waals surface area contributed by atoms with Gasteiger partial charge in [-0.05, 0) is 43.3 Å². The van der Waals surface area contributed by atoms with Crippen LogP contribution in [-0.2, 0) is 4.79 Å². The number of likely N-dealkylation sites (N-methyl/N-ethyl adjacent to an activating group) is 1. The molecule has 1 N–H and O–H groups in total. The van der Waals surface area contributed by atoms with Crippen molar-refractivity contribution in [3.63, 3.8) is 0 Å². The molecule has 3 rings (SSSR count). The van der Waals surface area contributed by atoms with Gasteiger partial charge in [-0.2, -0.15) is 5.26 Å². The number of fused-ring (bicyclic) bond motifs is 1. The number of hydrogen-bond acceptors (Lipinski definition) is 5. The molecule has 138 valence electrons. The van der Waals surface area contributed by atoms with E-state index in [1.807, 2.05) is 6.07 Å². The lowest BCUT2D eigenvalue weighted by Crippen LogP contribution is -2.37. The minimum absolute atomic E-state index is 0.0796. The minimum Gasteiger partial charge on any atom is -0.486 e. The van der Waals surface area contributed by atoms with Gasteiger partial charge in [-0.1, -0.05) is 0 Å². The Hall–Kier alpha value is -3.53. The number of hydrogen-bond donors (Lipinski definition) is 1. The van der Waals surface area contributed by atoms with Crippen molar-refractivity contribution in [1.82, 2.24) is 4.90 Å². The molecule has 2 aromatic rings. The van der Waals surface area contributed by atoms with Crippen molar-refractivity contribution < 1.29 is 19.1 Å². The van der Waals surface area contributed by atoms with E-state index in [0.29, 0.717) is 48.1 Å². The van der Waals surface area contributed by atoms with Gasteiger partial charge in [0, 0.05) is 23.9 Å². The van der Waals surface area contributed by atoms with Crippen LogP contribution in [0.25, 0.3) is 0 Å². The Bertz CT molecular complexity index is 887. The van der Waals surface area contributed by atoms with Crippen LogP contribution in [0.15, 0.2) is 42.5 Å². The first-order valence-electron chi connectivity index (χ1n) is 8.59. The van der Waals surface area contributed by atoms with E-state index in [0.717, 1.165) is 0 Å². The number of nitriles is 1. The molecule has 1 aliphatic heterocycles. The molecule has 0 fully saturated rings. The van der Waals surface area contributed by atoms with Gasteiger partial charge in [0.15, 0.2) is 11.5 Å². The van der Waals surface area contributed by atoms with Crippen molar-refractivity contribution in [2.75, 3.05) is 31.6 Å². The van der Waals surface area contributed by atoms with Crippen molar-refractivity contribution in [2.45, 2.75) is 6.92 Å². The normalized spacial score (nSPS) is 12.0. The molecular formula is C20H19N3O4. The second kappa shape index (κ2) is 8.23. The number of amides is 2. The number of anilines is 1. The lowest BCUT2D eigenvalue weighted by Gasteiger charge is -2.21. The van der Waals surface area contributed by atoms with Gasteiger partial charge >= 0.3 is 0 Å². The number of nitrogens with one attached hydrogen (secondary N) is 1. The Morgan fingerprint density at radius 1 is 1.11 bits per heavy atom. The van der Waals surface area contributed by atoms with Crippen molar-refractivity contribution >= 4 is 17.5 Å². The second-order valence-corrected chi connectivity index (χ2v) is 5.92. The molecule has 2 aromatic carbocycles. The summed E-state index contributed by atoms with van der Waals surface area (Å²) < 4.78 is 11.0. The summed E-state index contributed by atoms with van der Waals surface area (Å²) in [6, 6.07) is 13.5. The van der Waals surface area contributed by atoms with E-state index < -0.39 is 0 Å². The van der Waals surface area contributed by atoms with E-state index in [1.165, 1.54) is 4.90 Å². The van der Waals surface area contributed by atoms with E-state index in [1.54, 1.807) is 49.4 Å². The minimum atomic E-state index is -0.310. The molecular weight excluding hydrogens is 346 g/mol. The molecule has 2 amide bonds. The monoisotopic (exact) mass is 365 g/mol. The average Bonchev–Trinajstić information content (AvgIpc) is 2.71. The zero-order valence-corrected chi connectivity index (χ0v) is 14.9. The maximum Gasteiger partial charge on any atom is 0.254 e. The largest absolute Gasteiger partial charge is 0.486 e. The summed E-state index contributed by atoms with van der Waals surface area (Å²) in [5.41, 5.74) is 1.49. The van der Waals surface area contributed by atoms with Gasteiger partial charge in [-0.3, -0.25) is 9.59 Å². The van der Waals surface area contributed by atoms with Gasteiger partial charge in [0.05, 0.1) is 11.6 Å². The van der Waals surface area contributed by atoms with Gasteiger partial charge in [-0.15, -0.1) is 0 Å². The van der Waals surface area contributed by atoms with E-state index in [4.69, 9.17) is 14.7 Å². The number of benzene rings is 2. The number of carbonyl (C=O) groups excluding carboxylic acids is 2. The van der Waals surface area contributed by atoms with Crippen LogP contribution < -0.4 is 14.8 Å². The summed E-state index contributed by atoms with van der Waals surface area (Å²) in [5.74, 6) is 0.653. The van der Waals surface area contributed by atoms with E-state index in [2.05, 4.69) is 5.32 Å². The topological polar surface area (TPSA) is 91.7 Å². The Labute approximate surface area is 157 Å². The highest BCUT2D eigenvalue weighted by atomic mass is 16.6. The van der Waals surface area contributed by atoms with Crippen molar-refractivity contribution in [3.8, 4) is 17.6 Å². The van der Waals surface area contributed by atoms with Crippen molar-refractivity contribution in [3.05, 3.63) is 53.6 Å². The van der Waals surface area contributed by atoms with E-state index in [9.17, 15) is 9.59 Å². The molecule has 7 heteroatoms. The average molecular weight is 365 g/mol. The molecule has 0 saturated heterocycles. The summed E-state index contributed by atoms with van der Waals surface area (Å²) in [7, 11) is 0. The zero-order valence-electron chi connectivity index (χ0n) is 14.9. The molecule has 0 atom stereocenters. The van der Waals surface area contributed by atoms with Gasteiger partial charge in [0.1, 0.15) is 19.8 Å². The molecule has 0 saturated carbocycles. The van der Waals surface area contributed by atoms with Crippen LogP contribution in [-0.4, -0.2) is 43.0 Å². The highest BCUT2D eigenvalue weighted by Gasteiger charge is 2.18. The van der Waals surface area contributed by atoms with Gasteiger partial charge in [-0.25, -0.2) is 0 Å². The smallest absolute Gasteiger partial charge is 0.254 e. The number of ether oxygens (including phenoxy) is 2. The van der Waals surface area contributed by atoms with Gasteiger partial charge in [0.2, 0.25) is 5.91 Å². The van der Waals surface area contributed by atoms with E-state index in [-0.39, 0.29) is 18.4 Å². The first kappa shape index (κ1) is 18.3. The number of carbonyl (C=O) groups is 2. The summed E-state index contributed by atoms with van der Waals surface area (Å²) in [4.78, 5) is 26.4. The maximum absolute atomic E-state index is 12.6. The fourth-order valence-corrected chi connectivity index (χ4v) is 2.69. The third kappa shape index (κ3) is 4.36. The highest BCUT2D eigenvalue weighted by molar-refractivity contribution is 5.99. The highest BCUT2D eigenvalue weighted by Crippen LogP contribution is 2.32. The third-order valence-electron chi connectivity index (χ3n) is 4.09. The summed E-state index contributed by atoms with van der Waals surface area (Å²) >= 11 is 0. The Morgan fingerprint density at radius 3 is 2.48 bits per heavy atom. The van der Waals surface area contributed by atoms with Gasteiger partial charge < -0.3 is 19.7 Å². The quantitative estimate of drug-likeness (QED) is 0.879. The lowest BCUT2D eigenvalue weighted by atomic mass is 10.1. The Morgan fingerprint density at radius 2 is 1.81 bits per heavy atom. The standard InChI is InChI=1S/C20H19N3O4/c1-2-23(20(25)15-5-3-14(12-21)4-6-15)13-19(24)22-16-7-8-17-18(11-16)27-10-9-26-17/h3-8,11H,2,9-10,13H2,1H3,(H,22,24). The first-order chi connectivity index (χ1) is 13.1. The predicted octanol–water partition coefficient (Wildman–Crippen LogP) is 2.43. The Balaban J connectivity index is 1.64. The molecule has 1 heterocycles. The molecule has 0 bridgehead atoms. The summed E-state index contributed by atoms with van der Waals surface area (Å²) in [5, 5.41) is 11.6. The zero-order chi connectivity index (χ0) is 19.2. The lowest BCUT2D eigenvalue weighted by molar-refractivity contribution is -0.116. The fourth-order valence-electron chi connectivity index (χ4n) is 2.69. The molecule has 0 spiro atoms. The molecule has 7 nitrogen and oxygen atoms in total. The van der Waals surface area contributed by atoms with Crippen LogP contribution in [0.1, 0.15) is 22.8 Å². The number of nitrogens with zero attached hydrogens (tertiary/aromatic N) is 2. The van der Waals surface area contributed by atoms with Crippen LogP contribution in [0, 0.1) is 11.3 Å². The van der Waals surface area contributed by atoms with Crippen LogP contribution in [0.3, 0.4) is 0 Å². The molecule has 0 aliphatic carbocycles. The van der Waals surface area contributed by atoms with E-state index >= 15 is 0 Å². The van der Waals surface area contributed by atoms with Crippen LogP contribution >= 0.6 is 0 Å². The van der Waals surface area contributed by atoms with Crippen LogP contribution in [0.2, 0.25) is 0 Å². The maximum atomic E-state index is 12.6. The molecule has 0 radical (unpaired) electrons. The van der Waals surface area contributed by atoms with Crippen LogP contribution in [0.4, 0.5) is 5.69 Å². The SMILES string of the molecule is CCN(CC(=O)Nc1ccc2c(c1)OCCO2)C(=O)c1ccc(C#N)cc1. The number of rotatable bonds is 5.